The summed E-state index contributed by atoms with van der Waals surface area (Å²) in [5.74, 6) is 1.03. The van der Waals surface area contributed by atoms with Gasteiger partial charge in [-0.2, -0.15) is 4.98 Å². The van der Waals surface area contributed by atoms with Crippen molar-refractivity contribution in [3.8, 4) is 11.1 Å². The number of fused-ring (bicyclic) bond motifs is 2. The topological polar surface area (TPSA) is 71.3 Å². The summed E-state index contributed by atoms with van der Waals surface area (Å²) in [5, 5.41) is 3.95. The molecule has 6 rings (SSSR count). The van der Waals surface area contributed by atoms with E-state index >= 15 is 0 Å². The number of nitrogens with one attached hydrogen (secondary N) is 1. The molecule has 6 nitrogen and oxygen atoms in total. The van der Waals surface area contributed by atoms with Crippen LogP contribution in [0.1, 0.15) is 16.9 Å². The zero-order chi connectivity index (χ0) is 21.7. The zero-order valence-corrected chi connectivity index (χ0v) is 18.0. The fraction of sp³-hybridized carbons (Fsp3) is 0.240. The highest BCUT2D eigenvalue weighted by Crippen LogP contribution is 2.50. The van der Waals surface area contributed by atoms with Crippen molar-refractivity contribution >= 4 is 34.6 Å². The molecule has 32 heavy (non-hydrogen) atoms. The van der Waals surface area contributed by atoms with Crippen molar-refractivity contribution in [1.82, 2.24) is 14.9 Å². The van der Waals surface area contributed by atoms with E-state index < -0.39 is 0 Å². The number of carbonyl (C=O) groups excluding carboxylic acids is 1. The molecule has 4 aromatic rings. The van der Waals surface area contributed by atoms with Crippen LogP contribution in [0.5, 0.6) is 0 Å². The monoisotopic (exact) mass is 444 g/mol. The molecule has 0 bridgehead atoms. The number of para-hydroxylation sites is 2. The van der Waals surface area contributed by atoms with Gasteiger partial charge < -0.3 is 14.6 Å². The predicted octanol–water partition coefficient (Wildman–Crippen LogP) is 5.12. The van der Waals surface area contributed by atoms with Gasteiger partial charge in [-0.3, -0.25) is 9.78 Å². The van der Waals surface area contributed by atoms with Crippen LogP contribution in [-0.2, 0) is 0 Å². The first-order valence-corrected chi connectivity index (χ1v) is 11.2. The average molecular weight is 445 g/mol. The average Bonchev–Trinajstić information content (AvgIpc) is 3.31. The van der Waals surface area contributed by atoms with E-state index in [1.54, 1.807) is 6.20 Å². The summed E-state index contributed by atoms with van der Waals surface area (Å²) < 4.78 is 5.79. The molecule has 0 spiro atoms. The molecule has 2 aromatic heterocycles. The van der Waals surface area contributed by atoms with E-state index in [2.05, 4.69) is 15.3 Å². The first-order valence-electron chi connectivity index (χ1n) is 10.8. The number of oxazole rings is 1. The van der Waals surface area contributed by atoms with Crippen molar-refractivity contribution in [3.63, 3.8) is 0 Å². The molecule has 3 unspecified atom stereocenters. The molecule has 7 heteroatoms. The Morgan fingerprint density at radius 1 is 1.16 bits per heavy atom. The number of piperidine rings is 1. The number of halogens is 1. The van der Waals surface area contributed by atoms with Gasteiger partial charge in [-0.25, -0.2) is 0 Å². The summed E-state index contributed by atoms with van der Waals surface area (Å²) in [5.41, 5.74) is 3.71. The number of hydrogen-bond donors (Lipinski definition) is 1. The van der Waals surface area contributed by atoms with Gasteiger partial charge in [-0.05, 0) is 54.2 Å². The van der Waals surface area contributed by atoms with E-state index in [4.69, 9.17) is 16.0 Å². The molecule has 1 amide bonds. The second-order valence-electron chi connectivity index (χ2n) is 8.46. The van der Waals surface area contributed by atoms with Crippen molar-refractivity contribution in [1.29, 1.82) is 0 Å². The van der Waals surface area contributed by atoms with E-state index in [-0.39, 0.29) is 11.9 Å². The summed E-state index contributed by atoms with van der Waals surface area (Å²) in [7, 11) is 0. The van der Waals surface area contributed by atoms with E-state index in [1.165, 1.54) is 0 Å². The minimum Gasteiger partial charge on any atom is -0.424 e. The Kier molecular flexibility index (Phi) is 4.61. The summed E-state index contributed by atoms with van der Waals surface area (Å²) >= 11 is 6.19. The number of likely N-dealkylation sites (tertiary alicyclic amines) is 1. The lowest BCUT2D eigenvalue weighted by Gasteiger charge is -2.28. The highest BCUT2D eigenvalue weighted by Gasteiger charge is 2.54. The lowest BCUT2D eigenvalue weighted by atomic mass is 10.0. The molecule has 2 aliphatic rings. The lowest BCUT2D eigenvalue weighted by molar-refractivity contribution is 0.0710. The SMILES string of the molecule is O=C(c1ncccc1-c1cccc(Cl)c1)N1CC2CC2C1CNc1nc2ccccc2o1. The van der Waals surface area contributed by atoms with Gasteiger partial charge in [0.25, 0.3) is 11.9 Å². The number of amides is 1. The van der Waals surface area contributed by atoms with E-state index in [0.717, 1.165) is 35.2 Å². The summed E-state index contributed by atoms with van der Waals surface area (Å²) in [6.45, 7) is 1.36. The van der Waals surface area contributed by atoms with Crippen LogP contribution in [0.2, 0.25) is 5.02 Å². The number of hydrogen-bond acceptors (Lipinski definition) is 5. The number of rotatable bonds is 5. The highest BCUT2D eigenvalue weighted by atomic mass is 35.5. The molecule has 1 aliphatic carbocycles. The van der Waals surface area contributed by atoms with Crippen molar-refractivity contribution in [2.75, 3.05) is 18.4 Å². The number of nitrogens with zero attached hydrogens (tertiary/aromatic N) is 3. The Labute approximate surface area is 190 Å². The quantitative estimate of drug-likeness (QED) is 0.462. The summed E-state index contributed by atoms with van der Waals surface area (Å²) in [6.07, 6.45) is 2.83. The van der Waals surface area contributed by atoms with Crippen LogP contribution in [0.15, 0.2) is 71.3 Å². The van der Waals surface area contributed by atoms with E-state index in [9.17, 15) is 4.79 Å². The first kappa shape index (κ1) is 19.3. The molecular formula is C25H21ClN4O2. The number of aromatic nitrogens is 2. The van der Waals surface area contributed by atoms with Crippen LogP contribution in [0.4, 0.5) is 6.01 Å². The molecule has 1 saturated heterocycles. The zero-order valence-electron chi connectivity index (χ0n) is 17.2. The Bertz CT molecular complexity index is 1290. The first-order chi connectivity index (χ1) is 15.7. The molecular weight excluding hydrogens is 424 g/mol. The third-order valence-corrected chi connectivity index (χ3v) is 6.70. The highest BCUT2D eigenvalue weighted by molar-refractivity contribution is 6.30. The molecule has 1 saturated carbocycles. The molecule has 3 heterocycles. The Balaban J connectivity index is 1.25. The van der Waals surface area contributed by atoms with Crippen LogP contribution in [-0.4, -0.2) is 39.9 Å². The number of benzene rings is 2. The van der Waals surface area contributed by atoms with Crippen LogP contribution in [0, 0.1) is 11.8 Å². The van der Waals surface area contributed by atoms with Gasteiger partial charge in [0.05, 0.1) is 6.04 Å². The Morgan fingerprint density at radius 3 is 2.94 bits per heavy atom. The number of anilines is 1. The summed E-state index contributed by atoms with van der Waals surface area (Å²) in [4.78, 5) is 24.5. The van der Waals surface area contributed by atoms with Gasteiger partial charge in [0.2, 0.25) is 0 Å². The van der Waals surface area contributed by atoms with Crippen molar-refractivity contribution in [3.05, 3.63) is 77.6 Å². The van der Waals surface area contributed by atoms with Gasteiger partial charge >= 0.3 is 0 Å². The fourth-order valence-electron chi connectivity index (χ4n) is 4.81. The van der Waals surface area contributed by atoms with Gasteiger partial charge in [0.1, 0.15) is 11.2 Å². The van der Waals surface area contributed by atoms with Crippen molar-refractivity contribution < 1.29 is 9.21 Å². The van der Waals surface area contributed by atoms with Crippen molar-refractivity contribution in [2.24, 2.45) is 11.8 Å². The normalized spacial score (nSPS) is 21.5. The number of pyridine rings is 1. The lowest BCUT2D eigenvalue weighted by Crippen LogP contribution is -2.43. The molecule has 2 aromatic carbocycles. The third-order valence-electron chi connectivity index (χ3n) is 6.47. The van der Waals surface area contributed by atoms with E-state index in [0.29, 0.717) is 35.1 Å². The Morgan fingerprint density at radius 2 is 2.06 bits per heavy atom. The fourth-order valence-corrected chi connectivity index (χ4v) is 5.00. The minimum atomic E-state index is -0.0443. The van der Waals surface area contributed by atoms with Gasteiger partial charge in [0.15, 0.2) is 5.58 Å². The smallest absolute Gasteiger partial charge is 0.295 e. The maximum atomic E-state index is 13.6. The molecule has 2 fully saturated rings. The molecule has 0 radical (unpaired) electrons. The van der Waals surface area contributed by atoms with E-state index in [1.807, 2.05) is 65.6 Å². The maximum absolute atomic E-state index is 13.6. The Hall–Kier alpha value is -3.38. The predicted molar refractivity (Wildman–Crippen MR) is 124 cm³/mol. The standard InChI is InChI=1S/C25H21ClN4O2/c26-17-6-3-5-15(11-17)18-7-4-10-27-23(18)24(31)30-14-16-12-19(16)21(30)13-28-25-29-20-8-1-2-9-22(20)32-25/h1-11,16,19,21H,12-14H2,(H,28,29). The molecule has 1 aliphatic heterocycles. The van der Waals surface area contributed by atoms with Crippen LogP contribution < -0.4 is 5.32 Å². The molecule has 160 valence electrons. The van der Waals surface area contributed by atoms with Crippen LogP contribution in [0.3, 0.4) is 0 Å². The number of carbonyl (C=O) groups is 1. The maximum Gasteiger partial charge on any atom is 0.295 e. The largest absolute Gasteiger partial charge is 0.424 e. The second kappa shape index (κ2) is 7.64. The molecule has 1 N–H and O–H groups in total. The van der Waals surface area contributed by atoms with Gasteiger partial charge in [-0.15, -0.1) is 0 Å². The third kappa shape index (κ3) is 3.41. The second-order valence-corrected chi connectivity index (χ2v) is 8.90. The minimum absolute atomic E-state index is 0.0443. The van der Waals surface area contributed by atoms with Crippen LogP contribution in [0.25, 0.3) is 22.2 Å². The van der Waals surface area contributed by atoms with Crippen LogP contribution >= 0.6 is 11.6 Å². The van der Waals surface area contributed by atoms with Gasteiger partial charge in [-0.1, -0.05) is 41.9 Å². The summed E-state index contributed by atoms with van der Waals surface area (Å²) in [6, 6.07) is 19.5. The van der Waals surface area contributed by atoms with Crippen molar-refractivity contribution in [2.45, 2.75) is 12.5 Å². The van der Waals surface area contributed by atoms with Gasteiger partial charge in [0, 0.05) is 29.9 Å². The molecule has 3 atom stereocenters.